The van der Waals surface area contributed by atoms with Crippen molar-refractivity contribution in [3.05, 3.63) is 34.9 Å². The van der Waals surface area contributed by atoms with Crippen molar-refractivity contribution in [1.29, 1.82) is 0 Å². The van der Waals surface area contributed by atoms with E-state index in [1.807, 2.05) is 0 Å². The van der Waals surface area contributed by atoms with E-state index in [1.165, 1.54) is 0 Å². The number of benzene rings is 1. The highest BCUT2D eigenvalue weighted by Crippen LogP contribution is 2.21. The second kappa shape index (κ2) is 3.83. The van der Waals surface area contributed by atoms with Crippen LogP contribution in [0, 0.1) is 11.6 Å². The van der Waals surface area contributed by atoms with Crippen LogP contribution in [0.1, 0.15) is 31.0 Å². The zero-order valence-corrected chi connectivity index (χ0v) is 7.77. The second-order valence-electron chi connectivity index (χ2n) is 3.07. The average Bonchev–Trinajstić information content (AvgIpc) is 2.09. The highest BCUT2D eigenvalue weighted by Gasteiger charge is 2.13. The molecule has 1 unspecified atom stereocenters. The van der Waals surface area contributed by atoms with Gasteiger partial charge in [-0.3, -0.25) is 0 Å². The molecule has 0 spiro atoms. The van der Waals surface area contributed by atoms with Crippen LogP contribution in [0.2, 0.25) is 0 Å². The van der Waals surface area contributed by atoms with Crippen molar-refractivity contribution in [1.82, 2.24) is 0 Å². The minimum absolute atomic E-state index is 0.259. The SMILES string of the molecule is CCc1c(C(C)N)ccc(F)c1F. The molecule has 0 bridgehead atoms. The maximum Gasteiger partial charge on any atom is 0.162 e. The molecular weight excluding hydrogens is 172 g/mol. The van der Waals surface area contributed by atoms with Gasteiger partial charge in [0.05, 0.1) is 0 Å². The lowest BCUT2D eigenvalue weighted by Crippen LogP contribution is -2.10. The predicted octanol–water partition coefficient (Wildman–Crippen LogP) is 2.55. The summed E-state index contributed by atoms with van der Waals surface area (Å²) in [5.41, 5.74) is 6.69. The molecule has 1 aromatic carbocycles. The van der Waals surface area contributed by atoms with Gasteiger partial charge in [0, 0.05) is 6.04 Å². The monoisotopic (exact) mass is 185 g/mol. The molecule has 13 heavy (non-hydrogen) atoms. The lowest BCUT2D eigenvalue weighted by molar-refractivity contribution is 0.496. The quantitative estimate of drug-likeness (QED) is 0.752. The van der Waals surface area contributed by atoms with Gasteiger partial charge < -0.3 is 5.73 Å². The van der Waals surface area contributed by atoms with Crippen LogP contribution in [0.4, 0.5) is 8.78 Å². The van der Waals surface area contributed by atoms with E-state index in [2.05, 4.69) is 0 Å². The molecule has 1 rings (SSSR count). The van der Waals surface area contributed by atoms with Gasteiger partial charge in [0.2, 0.25) is 0 Å². The zero-order valence-electron chi connectivity index (χ0n) is 7.77. The molecule has 1 atom stereocenters. The fourth-order valence-electron chi connectivity index (χ4n) is 1.39. The van der Waals surface area contributed by atoms with Crippen molar-refractivity contribution in [3.63, 3.8) is 0 Å². The van der Waals surface area contributed by atoms with Crippen molar-refractivity contribution in [2.45, 2.75) is 26.3 Å². The summed E-state index contributed by atoms with van der Waals surface area (Å²) in [6, 6.07) is 2.40. The summed E-state index contributed by atoms with van der Waals surface area (Å²) in [4.78, 5) is 0. The summed E-state index contributed by atoms with van der Waals surface area (Å²) in [7, 11) is 0. The topological polar surface area (TPSA) is 26.0 Å². The Morgan fingerprint density at radius 1 is 1.38 bits per heavy atom. The zero-order chi connectivity index (χ0) is 10.0. The summed E-state index contributed by atoms with van der Waals surface area (Å²) < 4.78 is 26.0. The summed E-state index contributed by atoms with van der Waals surface area (Å²) in [6.07, 6.45) is 0.459. The maximum atomic E-state index is 13.2. The van der Waals surface area contributed by atoms with Crippen LogP contribution < -0.4 is 5.73 Å². The first-order chi connectivity index (χ1) is 6.07. The van der Waals surface area contributed by atoms with E-state index in [0.29, 0.717) is 17.5 Å². The largest absolute Gasteiger partial charge is 0.324 e. The second-order valence-corrected chi connectivity index (χ2v) is 3.07. The molecular formula is C10H13F2N. The van der Waals surface area contributed by atoms with Gasteiger partial charge in [-0.2, -0.15) is 0 Å². The van der Waals surface area contributed by atoms with Crippen molar-refractivity contribution in [3.8, 4) is 0 Å². The Bertz CT molecular complexity index is 308. The lowest BCUT2D eigenvalue weighted by Gasteiger charge is -2.12. The van der Waals surface area contributed by atoms with Gasteiger partial charge in [-0.15, -0.1) is 0 Å². The number of halogens is 2. The Morgan fingerprint density at radius 3 is 2.46 bits per heavy atom. The van der Waals surface area contributed by atoms with Gasteiger partial charge >= 0.3 is 0 Å². The third-order valence-corrected chi connectivity index (χ3v) is 2.08. The molecule has 0 aliphatic carbocycles. The van der Waals surface area contributed by atoms with Gasteiger partial charge in [-0.1, -0.05) is 13.0 Å². The fraction of sp³-hybridized carbons (Fsp3) is 0.400. The first-order valence-corrected chi connectivity index (χ1v) is 4.30. The van der Waals surface area contributed by atoms with Crippen molar-refractivity contribution >= 4 is 0 Å². The third kappa shape index (κ3) is 1.86. The summed E-state index contributed by atoms with van der Waals surface area (Å²) >= 11 is 0. The predicted molar refractivity (Wildman–Crippen MR) is 48.3 cm³/mol. The lowest BCUT2D eigenvalue weighted by atomic mass is 9.99. The van der Waals surface area contributed by atoms with E-state index in [1.54, 1.807) is 19.9 Å². The molecule has 0 saturated heterocycles. The van der Waals surface area contributed by atoms with Gasteiger partial charge in [0.25, 0.3) is 0 Å². The molecule has 1 aromatic rings. The van der Waals surface area contributed by atoms with Crippen LogP contribution in [-0.2, 0) is 6.42 Å². The van der Waals surface area contributed by atoms with E-state index in [0.717, 1.165) is 6.07 Å². The molecule has 0 amide bonds. The number of nitrogens with two attached hydrogens (primary N) is 1. The van der Waals surface area contributed by atoms with Gasteiger partial charge in [0.1, 0.15) is 0 Å². The van der Waals surface area contributed by atoms with E-state index >= 15 is 0 Å². The van der Waals surface area contributed by atoms with Crippen LogP contribution >= 0.6 is 0 Å². The van der Waals surface area contributed by atoms with E-state index in [4.69, 9.17) is 5.73 Å². The number of hydrogen-bond donors (Lipinski definition) is 1. The molecule has 2 N–H and O–H groups in total. The maximum absolute atomic E-state index is 13.2. The van der Waals surface area contributed by atoms with Crippen LogP contribution in [0.5, 0.6) is 0 Å². The summed E-state index contributed by atoms with van der Waals surface area (Å²) in [6.45, 7) is 3.54. The molecule has 0 radical (unpaired) electrons. The molecule has 0 fully saturated rings. The van der Waals surface area contributed by atoms with Crippen molar-refractivity contribution < 1.29 is 8.78 Å². The number of hydrogen-bond acceptors (Lipinski definition) is 1. The highest BCUT2D eigenvalue weighted by atomic mass is 19.2. The third-order valence-electron chi connectivity index (χ3n) is 2.08. The number of rotatable bonds is 2. The van der Waals surface area contributed by atoms with Gasteiger partial charge in [-0.25, -0.2) is 8.78 Å². The van der Waals surface area contributed by atoms with Crippen molar-refractivity contribution in [2.24, 2.45) is 5.73 Å². The Balaban J connectivity index is 3.30. The Morgan fingerprint density at radius 2 is 2.00 bits per heavy atom. The molecule has 0 aromatic heterocycles. The van der Waals surface area contributed by atoms with Crippen LogP contribution in [0.15, 0.2) is 12.1 Å². The van der Waals surface area contributed by atoms with Gasteiger partial charge in [-0.05, 0) is 30.5 Å². The van der Waals surface area contributed by atoms with Gasteiger partial charge in [0.15, 0.2) is 11.6 Å². The Kier molecular flexibility index (Phi) is 2.98. The molecule has 0 saturated carbocycles. The molecule has 1 nitrogen and oxygen atoms in total. The molecule has 0 aliphatic rings. The van der Waals surface area contributed by atoms with E-state index < -0.39 is 11.6 Å². The highest BCUT2D eigenvalue weighted by molar-refractivity contribution is 5.31. The first-order valence-electron chi connectivity index (χ1n) is 4.30. The first kappa shape index (κ1) is 10.1. The Hall–Kier alpha value is -0.960. The summed E-state index contributed by atoms with van der Waals surface area (Å²) in [5, 5.41) is 0. The smallest absolute Gasteiger partial charge is 0.162 e. The average molecular weight is 185 g/mol. The molecule has 0 aliphatic heterocycles. The fourth-order valence-corrected chi connectivity index (χ4v) is 1.39. The normalized spacial score (nSPS) is 13.0. The van der Waals surface area contributed by atoms with Crippen molar-refractivity contribution in [2.75, 3.05) is 0 Å². The van der Waals surface area contributed by atoms with Crippen LogP contribution in [0.3, 0.4) is 0 Å². The summed E-state index contributed by atoms with van der Waals surface area (Å²) in [5.74, 6) is -1.57. The van der Waals surface area contributed by atoms with Crippen LogP contribution in [-0.4, -0.2) is 0 Å². The molecule has 0 heterocycles. The van der Waals surface area contributed by atoms with E-state index in [9.17, 15) is 8.78 Å². The minimum Gasteiger partial charge on any atom is -0.324 e. The minimum atomic E-state index is -0.804. The van der Waals surface area contributed by atoms with Crippen LogP contribution in [0.25, 0.3) is 0 Å². The Labute approximate surface area is 76.6 Å². The molecule has 3 heteroatoms. The van der Waals surface area contributed by atoms with E-state index in [-0.39, 0.29) is 6.04 Å². The standard InChI is InChI=1S/C10H13F2N/c1-3-7-8(6(2)13)4-5-9(11)10(7)12/h4-6H,3,13H2,1-2H3. The molecule has 72 valence electrons.